The SMILES string of the molecule is N/C(=C\Nc1cccc(Cl)c1F)C(=O)N1CCc2c(Br)cccc2C1C(=O)Nc1ccc(CO)cc1. The van der Waals surface area contributed by atoms with E-state index >= 15 is 0 Å². The molecule has 1 heterocycles. The summed E-state index contributed by atoms with van der Waals surface area (Å²) < 4.78 is 15.0. The summed E-state index contributed by atoms with van der Waals surface area (Å²) in [5.41, 5.74) is 8.77. The van der Waals surface area contributed by atoms with Crippen LogP contribution in [0.3, 0.4) is 0 Å². The number of fused-ring (bicyclic) bond motifs is 1. The van der Waals surface area contributed by atoms with E-state index in [-0.39, 0.29) is 29.6 Å². The van der Waals surface area contributed by atoms with Crippen LogP contribution in [0.2, 0.25) is 5.02 Å². The average molecular weight is 574 g/mol. The third-order valence-corrected chi connectivity index (χ3v) is 6.89. The molecule has 186 valence electrons. The maximum atomic E-state index is 14.2. The maximum Gasteiger partial charge on any atom is 0.272 e. The lowest BCUT2D eigenvalue weighted by Gasteiger charge is -2.36. The van der Waals surface area contributed by atoms with Crippen LogP contribution in [-0.4, -0.2) is 28.4 Å². The lowest BCUT2D eigenvalue weighted by molar-refractivity contribution is -0.136. The number of carbonyl (C=O) groups excluding carboxylic acids is 2. The quantitative estimate of drug-likeness (QED) is 0.320. The Morgan fingerprint density at radius 2 is 1.89 bits per heavy atom. The largest absolute Gasteiger partial charge is 0.393 e. The fourth-order valence-electron chi connectivity index (χ4n) is 4.03. The van der Waals surface area contributed by atoms with Crippen LogP contribution in [0.5, 0.6) is 0 Å². The predicted molar refractivity (Wildman–Crippen MR) is 141 cm³/mol. The molecule has 1 atom stereocenters. The third kappa shape index (κ3) is 5.38. The second-order valence-corrected chi connectivity index (χ2v) is 9.41. The van der Waals surface area contributed by atoms with E-state index in [4.69, 9.17) is 17.3 Å². The minimum atomic E-state index is -0.953. The number of benzene rings is 3. The highest BCUT2D eigenvalue weighted by Gasteiger charge is 2.37. The molecule has 0 aromatic heterocycles. The van der Waals surface area contributed by atoms with E-state index in [0.29, 0.717) is 23.2 Å². The maximum absolute atomic E-state index is 14.2. The Kier molecular flexibility index (Phi) is 7.93. The van der Waals surface area contributed by atoms with E-state index in [1.165, 1.54) is 23.2 Å². The van der Waals surface area contributed by atoms with Crippen LogP contribution in [0.15, 0.2) is 77.0 Å². The number of rotatable bonds is 6. The van der Waals surface area contributed by atoms with Crippen molar-refractivity contribution in [2.45, 2.75) is 19.1 Å². The molecule has 0 bridgehead atoms. The smallest absolute Gasteiger partial charge is 0.272 e. The van der Waals surface area contributed by atoms with Crippen LogP contribution in [0.4, 0.5) is 15.8 Å². The molecule has 3 aromatic carbocycles. The molecule has 0 fully saturated rings. The second-order valence-electron chi connectivity index (χ2n) is 8.15. The van der Waals surface area contributed by atoms with E-state index < -0.39 is 23.7 Å². The number of hydrogen-bond acceptors (Lipinski definition) is 5. The Hall–Kier alpha value is -3.40. The Morgan fingerprint density at radius 1 is 1.17 bits per heavy atom. The van der Waals surface area contributed by atoms with Gasteiger partial charge in [-0.15, -0.1) is 0 Å². The summed E-state index contributed by atoms with van der Waals surface area (Å²) in [4.78, 5) is 28.3. The molecule has 7 nitrogen and oxygen atoms in total. The van der Waals surface area contributed by atoms with Crippen molar-refractivity contribution in [1.29, 1.82) is 0 Å². The molecule has 0 saturated heterocycles. The molecule has 1 aliphatic heterocycles. The number of anilines is 2. The van der Waals surface area contributed by atoms with Crippen LogP contribution in [0.1, 0.15) is 22.7 Å². The van der Waals surface area contributed by atoms with E-state index in [9.17, 15) is 19.1 Å². The van der Waals surface area contributed by atoms with Crippen LogP contribution in [-0.2, 0) is 22.6 Å². The van der Waals surface area contributed by atoms with E-state index in [1.807, 2.05) is 6.07 Å². The summed E-state index contributed by atoms with van der Waals surface area (Å²) >= 11 is 9.35. The van der Waals surface area contributed by atoms with Gasteiger partial charge in [0.05, 0.1) is 17.3 Å². The zero-order valence-electron chi connectivity index (χ0n) is 19.0. The fraction of sp³-hybridized carbons (Fsp3) is 0.154. The molecule has 1 aliphatic rings. The van der Waals surface area contributed by atoms with Gasteiger partial charge in [-0.25, -0.2) is 4.39 Å². The van der Waals surface area contributed by atoms with Crippen molar-refractivity contribution >= 4 is 50.7 Å². The average Bonchev–Trinajstić information content (AvgIpc) is 2.88. The van der Waals surface area contributed by atoms with Crippen molar-refractivity contribution in [3.63, 3.8) is 0 Å². The highest BCUT2D eigenvalue weighted by atomic mass is 79.9. The van der Waals surface area contributed by atoms with Gasteiger partial charge in [-0.3, -0.25) is 9.59 Å². The predicted octanol–water partition coefficient (Wildman–Crippen LogP) is 4.71. The number of nitrogens with one attached hydrogen (secondary N) is 2. The lowest BCUT2D eigenvalue weighted by Crippen LogP contribution is -2.47. The van der Waals surface area contributed by atoms with Crippen molar-refractivity contribution in [2.75, 3.05) is 17.2 Å². The van der Waals surface area contributed by atoms with Crippen LogP contribution < -0.4 is 16.4 Å². The van der Waals surface area contributed by atoms with E-state index in [0.717, 1.165) is 10.0 Å². The topological polar surface area (TPSA) is 108 Å². The van der Waals surface area contributed by atoms with Gasteiger partial charge in [-0.2, -0.15) is 0 Å². The molecule has 0 aliphatic carbocycles. The molecule has 4 rings (SSSR count). The highest BCUT2D eigenvalue weighted by Crippen LogP contribution is 2.35. The molecule has 2 amide bonds. The van der Waals surface area contributed by atoms with Gasteiger partial charge in [0.15, 0.2) is 5.82 Å². The van der Waals surface area contributed by atoms with Gasteiger partial charge in [-0.05, 0) is 53.4 Å². The van der Waals surface area contributed by atoms with Gasteiger partial charge in [0.2, 0.25) is 0 Å². The number of aliphatic hydroxyl groups is 1. The highest BCUT2D eigenvalue weighted by molar-refractivity contribution is 9.10. The van der Waals surface area contributed by atoms with Gasteiger partial charge in [0.1, 0.15) is 11.7 Å². The first kappa shape index (κ1) is 25.7. The number of nitrogens with two attached hydrogens (primary N) is 1. The number of aliphatic hydroxyl groups excluding tert-OH is 1. The van der Waals surface area contributed by atoms with Crippen molar-refractivity contribution < 1.29 is 19.1 Å². The third-order valence-electron chi connectivity index (χ3n) is 5.86. The summed E-state index contributed by atoms with van der Waals surface area (Å²) in [6.07, 6.45) is 1.71. The summed E-state index contributed by atoms with van der Waals surface area (Å²) in [7, 11) is 0. The van der Waals surface area contributed by atoms with Gasteiger partial charge in [0, 0.05) is 22.9 Å². The zero-order valence-corrected chi connectivity index (χ0v) is 21.3. The molecule has 1 unspecified atom stereocenters. The second kappa shape index (κ2) is 11.1. The first-order valence-electron chi connectivity index (χ1n) is 11.0. The standard InChI is InChI=1S/C26H23BrClFN4O3/c27-19-4-1-3-18-17(19)11-12-33(24(18)25(35)32-16-9-7-15(14-34)8-10-16)26(36)21(30)13-31-22-6-2-5-20(28)23(22)29/h1-10,13,24,31,34H,11-12,14,30H2,(H,32,35)/b21-13-. The number of hydrogen-bond donors (Lipinski definition) is 4. The summed E-state index contributed by atoms with van der Waals surface area (Å²) in [5, 5.41) is 14.7. The normalized spacial score (nSPS) is 15.3. The monoisotopic (exact) mass is 572 g/mol. The van der Waals surface area contributed by atoms with Gasteiger partial charge >= 0.3 is 0 Å². The Morgan fingerprint density at radius 3 is 2.61 bits per heavy atom. The first-order chi connectivity index (χ1) is 17.3. The van der Waals surface area contributed by atoms with Crippen molar-refractivity contribution in [3.8, 4) is 0 Å². The van der Waals surface area contributed by atoms with Gasteiger partial charge in [-0.1, -0.05) is 57.9 Å². The fourth-order valence-corrected chi connectivity index (χ4v) is 4.78. The minimum Gasteiger partial charge on any atom is -0.393 e. The molecule has 0 radical (unpaired) electrons. The van der Waals surface area contributed by atoms with Crippen LogP contribution >= 0.6 is 27.5 Å². The minimum absolute atomic E-state index is 0.0618. The van der Waals surface area contributed by atoms with Crippen molar-refractivity contribution in [1.82, 2.24) is 4.90 Å². The Bertz CT molecular complexity index is 1330. The first-order valence-corrected chi connectivity index (χ1v) is 12.2. The number of carbonyl (C=O) groups is 2. The molecular formula is C26H23BrClFN4O3. The molecule has 0 spiro atoms. The molecule has 5 N–H and O–H groups in total. The Labute approximate surface area is 220 Å². The Balaban J connectivity index is 1.62. The van der Waals surface area contributed by atoms with Crippen LogP contribution in [0.25, 0.3) is 0 Å². The summed E-state index contributed by atoms with van der Waals surface area (Å²) in [6, 6.07) is 15.7. The molecule has 10 heteroatoms. The van der Waals surface area contributed by atoms with Crippen LogP contribution in [0, 0.1) is 5.82 Å². The molecule has 0 saturated carbocycles. The molecular weight excluding hydrogens is 551 g/mol. The summed E-state index contributed by atoms with van der Waals surface area (Å²) in [6.45, 7) is 0.134. The summed E-state index contributed by atoms with van der Waals surface area (Å²) in [5.74, 6) is -1.66. The molecule has 36 heavy (non-hydrogen) atoms. The van der Waals surface area contributed by atoms with E-state index in [2.05, 4.69) is 26.6 Å². The van der Waals surface area contributed by atoms with E-state index in [1.54, 1.807) is 42.5 Å². The zero-order chi connectivity index (χ0) is 25.8. The number of nitrogens with zero attached hydrogens (tertiary/aromatic N) is 1. The molecule has 3 aromatic rings. The van der Waals surface area contributed by atoms with Gasteiger partial charge in [0.25, 0.3) is 11.8 Å². The van der Waals surface area contributed by atoms with Gasteiger partial charge < -0.3 is 26.4 Å². The number of amides is 2. The number of halogens is 3. The van der Waals surface area contributed by atoms with Crippen molar-refractivity contribution in [2.24, 2.45) is 5.73 Å². The van der Waals surface area contributed by atoms with Crippen molar-refractivity contribution in [3.05, 3.63) is 105 Å². The lowest BCUT2D eigenvalue weighted by atomic mass is 9.91.